The van der Waals surface area contributed by atoms with Crippen LogP contribution in [0.1, 0.15) is 29.0 Å². The molecule has 1 amide bonds. The van der Waals surface area contributed by atoms with Gasteiger partial charge < -0.3 is 4.90 Å². The monoisotopic (exact) mass is 259 g/mol. The zero-order valence-electron chi connectivity index (χ0n) is 10.7. The lowest BCUT2D eigenvalue weighted by atomic mass is 10.1. The number of carbonyl (C=O) groups excluding carboxylic acids is 1. The van der Waals surface area contributed by atoms with Crippen molar-refractivity contribution < 1.29 is 9.18 Å². The summed E-state index contributed by atoms with van der Waals surface area (Å²) in [5.74, 6) is -0.973. The van der Waals surface area contributed by atoms with Gasteiger partial charge in [0.15, 0.2) is 0 Å². The highest BCUT2D eigenvalue weighted by atomic mass is 19.1. The van der Waals surface area contributed by atoms with Crippen molar-refractivity contribution in [3.05, 3.63) is 59.9 Å². The van der Waals surface area contributed by atoms with Gasteiger partial charge in [-0.2, -0.15) is 4.39 Å². The minimum absolute atomic E-state index is 0.100. The lowest BCUT2D eigenvalue weighted by Crippen LogP contribution is -2.30. The van der Waals surface area contributed by atoms with Gasteiger partial charge in [0.25, 0.3) is 5.91 Å². The van der Waals surface area contributed by atoms with Gasteiger partial charge in [0.1, 0.15) is 5.69 Å². The van der Waals surface area contributed by atoms with E-state index in [0.29, 0.717) is 0 Å². The predicted octanol–water partition coefficient (Wildman–Crippen LogP) is 2.45. The molecule has 2 aromatic rings. The summed E-state index contributed by atoms with van der Waals surface area (Å²) in [6.07, 6.45) is 3.34. The number of hydrogen-bond donors (Lipinski definition) is 0. The molecular formula is C14H14FN3O. The molecule has 1 unspecified atom stereocenters. The second-order valence-electron chi connectivity index (χ2n) is 4.22. The van der Waals surface area contributed by atoms with Gasteiger partial charge in [0.05, 0.1) is 6.04 Å². The lowest BCUT2D eigenvalue weighted by molar-refractivity contribution is 0.0735. The van der Waals surface area contributed by atoms with Crippen molar-refractivity contribution in [3.8, 4) is 0 Å². The van der Waals surface area contributed by atoms with E-state index in [1.54, 1.807) is 19.4 Å². The van der Waals surface area contributed by atoms with Crippen molar-refractivity contribution in [3.63, 3.8) is 0 Å². The predicted molar refractivity (Wildman–Crippen MR) is 68.9 cm³/mol. The van der Waals surface area contributed by atoms with Gasteiger partial charge >= 0.3 is 0 Å². The quantitative estimate of drug-likeness (QED) is 0.795. The molecule has 0 spiro atoms. The van der Waals surface area contributed by atoms with E-state index in [0.717, 1.165) is 5.56 Å². The van der Waals surface area contributed by atoms with Crippen LogP contribution in [0.2, 0.25) is 0 Å². The summed E-state index contributed by atoms with van der Waals surface area (Å²) in [5.41, 5.74) is 1.06. The third-order valence-electron chi connectivity index (χ3n) is 3.02. The molecule has 98 valence electrons. The zero-order chi connectivity index (χ0) is 13.8. The Labute approximate surface area is 110 Å². The summed E-state index contributed by atoms with van der Waals surface area (Å²) in [6, 6.07) is 7.73. The first-order valence-electron chi connectivity index (χ1n) is 5.89. The lowest BCUT2D eigenvalue weighted by Gasteiger charge is -2.24. The van der Waals surface area contributed by atoms with E-state index in [4.69, 9.17) is 0 Å². The highest BCUT2D eigenvalue weighted by Crippen LogP contribution is 2.19. The van der Waals surface area contributed by atoms with Crippen LogP contribution in [0.3, 0.4) is 0 Å². The Morgan fingerprint density at radius 3 is 2.58 bits per heavy atom. The average Bonchev–Trinajstić information content (AvgIpc) is 2.46. The van der Waals surface area contributed by atoms with Crippen LogP contribution in [0.25, 0.3) is 0 Å². The first-order valence-corrected chi connectivity index (χ1v) is 5.89. The van der Waals surface area contributed by atoms with Crippen LogP contribution in [0, 0.1) is 5.95 Å². The van der Waals surface area contributed by atoms with Gasteiger partial charge in [-0.3, -0.25) is 9.78 Å². The maximum atomic E-state index is 13.0. The molecule has 0 aromatic carbocycles. The van der Waals surface area contributed by atoms with Gasteiger partial charge in [0.2, 0.25) is 5.95 Å². The van der Waals surface area contributed by atoms with E-state index in [1.807, 2.05) is 19.1 Å². The fraction of sp³-hybridized carbons (Fsp3) is 0.214. The summed E-state index contributed by atoms with van der Waals surface area (Å²) < 4.78 is 13.0. The molecule has 5 heteroatoms. The molecule has 0 aliphatic heterocycles. The number of nitrogens with zero attached hydrogens (tertiary/aromatic N) is 3. The number of amides is 1. The van der Waals surface area contributed by atoms with Crippen molar-refractivity contribution in [1.82, 2.24) is 14.9 Å². The van der Waals surface area contributed by atoms with Gasteiger partial charge in [-0.25, -0.2) is 4.98 Å². The molecule has 4 nitrogen and oxygen atoms in total. The first-order chi connectivity index (χ1) is 9.09. The fourth-order valence-corrected chi connectivity index (χ4v) is 1.75. The normalized spacial score (nSPS) is 11.9. The first kappa shape index (κ1) is 13.1. The molecule has 0 radical (unpaired) electrons. The Balaban J connectivity index is 2.20. The van der Waals surface area contributed by atoms with Crippen LogP contribution < -0.4 is 0 Å². The summed E-state index contributed by atoms with van der Waals surface area (Å²) in [5, 5.41) is 0. The SMILES string of the molecule is CC(c1ccncc1)N(C)C(=O)c1cccc(F)n1. The number of carbonyl (C=O) groups is 1. The standard InChI is InChI=1S/C14H14FN3O/c1-10(11-6-8-16-9-7-11)18(2)14(19)12-4-3-5-13(15)17-12/h3-10H,1-2H3. The Morgan fingerprint density at radius 1 is 1.26 bits per heavy atom. The van der Waals surface area contributed by atoms with Crippen LogP contribution in [0.4, 0.5) is 4.39 Å². The Bertz CT molecular complexity index is 574. The molecule has 19 heavy (non-hydrogen) atoms. The molecule has 1 atom stereocenters. The Kier molecular flexibility index (Phi) is 3.85. The average molecular weight is 259 g/mol. The molecule has 2 aromatic heterocycles. The van der Waals surface area contributed by atoms with E-state index in [9.17, 15) is 9.18 Å². The summed E-state index contributed by atoms with van der Waals surface area (Å²) in [6.45, 7) is 1.90. The van der Waals surface area contributed by atoms with Crippen molar-refractivity contribution in [2.45, 2.75) is 13.0 Å². The van der Waals surface area contributed by atoms with E-state index in [2.05, 4.69) is 9.97 Å². The topological polar surface area (TPSA) is 46.1 Å². The van der Waals surface area contributed by atoms with E-state index in [1.165, 1.54) is 23.1 Å². The summed E-state index contributed by atoms with van der Waals surface area (Å²) >= 11 is 0. The number of pyridine rings is 2. The van der Waals surface area contributed by atoms with Crippen LogP contribution >= 0.6 is 0 Å². The summed E-state index contributed by atoms with van der Waals surface area (Å²) in [4.78, 5) is 21.3. The van der Waals surface area contributed by atoms with Crippen LogP contribution in [-0.2, 0) is 0 Å². The number of hydrogen-bond acceptors (Lipinski definition) is 3. The van der Waals surface area contributed by atoms with Crippen molar-refractivity contribution in [1.29, 1.82) is 0 Å². The van der Waals surface area contributed by atoms with Gasteiger partial charge in [-0.1, -0.05) is 6.07 Å². The number of aromatic nitrogens is 2. The van der Waals surface area contributed by atoms with Crippen LogP contribution in [0.5, 0.6) is 0 Å². The minimum atomic E-state index is -0.657. The fourth-order valence-electron chi connectivity index (χ4n) is 1.75. The molecule has 0 aliphatic carbocycles. The molecule has 0 fully saturated rings. The third-order valence-corrected chi connectivity index (χ3v) is 3.02. The van der Waals surface area contributed by atoms with E-state index < -0.39 is 5.95 Å². The number of halogens is 1. The van der Waals surface area contributed by atoms with Crippen molar-refractivity contribution in [2.24, 2.45) is 0 Å². The highest BCUT2D eigenvalue weighted by Gasteiger charge is 2.20. The van der Waals surface area contributed by atoms with Crippen LogP contribution in [0.15, 0.2) is 42.7 Å². The maximum Gasteiger partial charge on any atom is 0.272 e. The number of rotatable bonds is 3. The Hall–Kier alpha value is -2.30. The molecule has 0 saturated carbocycles. The molecule has 0 N–H and O–H groups in total. The highest BCUT2D eigenvalue weighted by molar-refractivity contribution is 5.92. The minimum Gasteiger partial charge on any atom is -0.334 e. The third kappa shape index (κ3) is 2.93. The van der Waals surface area contributed by atoms with E-state index >= 15 is 0 Å². The largest absolute Gasteiger partial charge is 0.334 e. The van der Waals surface area contributed by atoms with Gasteiger partial charge in [-0.15, -0.1) is 0 Å². The van der Waals surface area contributed by atoms with Crippen molar-refractivity contribution >= 4 is 5.91 Å². The van der Waals surface area contributed by atoms with Gasteiger partial charge in [0, 0.05) is 19.4 Å². The summed E-state index contributed by atoms with van der Waals surface area (Å²) in [7, 11) is 1.67. The molecule has 2 rings (SSSR count). The van der Waals surface area contributed by atoms with Gasteiger partial charge in [-0.05, 0) is 36.8 Å². The second-order valence-corrected chi connectivity index (χ2v) is 4.22. The zero-order valence-corrected chi connectivity index (χ0v) is 10.7. The molecule has 2 heterocycles. The van der Waals surface area contributed by atoms with E-state index in [-0.39, 0.29) is 17.6 Å². The van der Waals surface area contributed by atoms with Crippen molar-refractivity contribution in [2.75, 3.05) is 7.05 Å². The molecular weight excluding hydrogens is 245 g/mol. The Morgan fingerprint density at radius 2 is 1.95 bits per heavy atom. The molecule has 0 aliphatic rings. The molecule has 0 saturated heterocycles. The molecule has 0 bridgehead atoms. The second kappa shape index (κ2) is 5.56. The maximum absolute atomic E-state index is 13.0. The van der Waals surface area contributed by atoms with Crippen LogP contribution in [-0.4, -0.2) is 27.8 Å². The smallest absolute Gasteiger partial charge is 0.272 e.